The summed E-state index contributed by atoms with van der Waals surface area (Å²) in [5, 5.41) is 6.90. The first-order valence-corrected chi connectivity index (χ1v) is 6.46. The van der Waals surface area contributed by atoms with E-state index >= 15 is 0 Å². The Balaban J connectivity index is 2.15. The summed E-state index contributed by atoms with van der Waals surface area (Å²) in [6, 6.07) is 7.39. The molecule has 100 valence electrons. The van der Waals surface area contributed by atoms with E-state index in [1.807, 2.05) is 38.1 Å². The fraction of sp³-hybridized carbons (Fsp3) is 0.357. The third-order valence-corrected chi connectivity index (χ3v) is 2.84. The average molecular weight is 258 g/mol. The second-order valence-electron chi connectivity index (χ2n) is 4.40. The monoisotopic (exact) mass is 258 g/mol. The highest BCUT2D eigenvalue weighted by atomic mass is 16.2. The van der Waals surface area contributed by atoms with Gasteiger partial charge < -0.3 is 10.6 Å². The van der Waals surface area contributed by atoms with Crippen molar-refractivity contribution < 1.29 is 4.79 Å². The van der Waals surface area contributed by atoms with Gasteiger partial charge in [-0.15, -0.1) is 0 Å². The molecule has 1 aromatic heterocycles. The van der Waals surface area contributed by atoms with Crippen LogP contribution in [-0.2, 0) is 4.79 Å². The number of para-hydroxylation sites is 1. The Morgan fingerprint density at radius 1 is 1.32 bits per heavy atom. The smallest absolute Gasteiger partial charge is 0.242 e. The van der Waals surface area contributed by atoms with E-state index in [1.165, 1.54) is 6.33 Å². The Morgan fingerprint density at radius 2 is 2.11 bits per heavy atom. The van der Waals surface area contributed by atoms with Gasteiger partial charge in [0.2, 0.25) is 5.91 Å². The second-order valence-corrected chi connectivity index (χ2v) is 4.40. The molecule has 2 rings (SSSR count). The number of nitrogens with one attached hydrogen (secondary N) is 2. The molecular formula is C14H18N4O. The standard InChI is InChI=1S/C14H18N4O/c1-3-8-15-14(19)10(2)18-13-11-6-4-5-7-12(11)16-9-17-13/h4-7,9-10H,3,8H2,1-2H3,(H,15,19)(H,16,17,18)/t10-/m1/s1. The molecule has 0 fully saturated rings. The van der Waals surface area contributed by atoms with Gasteiger partial charge in [-0.2, -0.15) is 0 Å². The molecule has 1 aromatic carbocycles. The van der Waals surface area contributed by atoms with Crippen LogP contribution < -0.4 is 10.6 Å². The van der Waals surface area contributed by atoms with Crippen LogP contribution >= 0.6 is 0 Å². The normalized spacial score (nSPS) is 12.1. The largest absolute Gasteiger partial charge is 0.358 e. The number of fused-ring (bicyclic) bond motifs is 1. The van der Waals surface area contributed by atoms with Crippen molar-refractivity contribution in [3.8, 4) is 0 Å². The van der Waals surface area contributed by atoms with Crippen LogP contribution in [0.5, 0.6) is 0 Å². The number of anilines is 1. The lowest BCUT2D eigenvalue weighted by molar-refractivity contribution is -0.121. The average Bonchev–Trinajstić information content (AvgIpc) is 2.45. The summed E-state index contributed by atoms with van der Waals surface area (Å²) in [6.45, 7) is 4.54. The number of aromatic nitrogens is 2. The third-order valence-electron chi connectivity index (χ3n) is 2.84. The highest BCUT2D eigenvalue weighted by Gasteiger charge is 2.13. The van der Waals surface area contributed by atoms with Crippen LogP contribution in [-0.4, -0.2) is 28.5 Å². The number of carbonyl (C=O) groups is 1. The maximum absolute atomic E-state index is 11.8. The van der Waals surface area contributed by atoms with Crippen LogP contribution in [0, 0.1) is 0 Å². The number of carbonyl (C=O) groups excluding carboxylic acids is 1. The molecule has 0 aliphatic rings. The fourth-order valence-electron chi connectivity index (χ4n) is 1.79. The van der Waals surface area contributed by atoms with E-state index in [4.69, 9.17) is 0 Å². The first kappa shape index (κ1) is 13.3. The maximum Gasteiger partial charge on any atom is 0.242 e. The summed E-state index contributed by atoms with van der Waals surface area (Å²) in [4.78, 5) is 20.2. The Hall–Kier alpha value is -2.17. The van der Waals surface area contributed by atoms with Gasteiger partial charge in [0.25, 0.3) is 0 Å². The Kier molecular flexibility index (Phi) is 4.28. The highest BCUT2D eigenvalue weighted by Crippen LogP contribution is 2.18. The summed E-state index contributed by atoms with van der Waals surface area (Å²) in [5.74, 6) is 0.661. The van der Waals surface area contributed by atoms with Crippen LogP contribution in [0.3, 0.4) is 0 Å². The molecule has 0 aliphatic carbocycles. The van der Waals surface area contributed by atoms with Crippen LogP contribution in [0.15, 0.2) is 30.6 Å². The van der Waals surface area contributed by atoms with Crippen molar-refractivity contribution in [3.63, 3.8) is 0 Å². The Bertz CT molecular complexity index is 565. The van der Waals surface area contributed by atoms with E-state index in [0.717, 1.165) is 17.3 Å². The summed E-state index contributed by atoms with van der Waals surface area (Å²) >= 11 is 0. The predicted octanol–water partition coefficient (Wildman–Crippen LogP) is 1.96. The van der Waals surface area contributed by atoms with Crippen molar-refractivity contribution in [1.82, 2.24) is 15.3 Å². The van der Waals surface area contributed by atoms with Gasteiger partial charge in [0.05, 0.1) is 5.52 Å². The molecule has 0 unspecified atom stereocenters. The summed E-state index contributed by atoms with van der Waals surface area (Å²) in [7, 11) is 0. The molecule has 5 heteroatoms. The molecule has 2 N–H and O–H groups in total. The Labute approximate surface area is 112 Å². The minimum absolute atomic E-state index is 0.0236. The minimum atomic E-state index is -0.329. The number of nitrogens with zero attached hydrogens (tertiary/aromatic N) is 2. The van der Waals surface area contributed by atoms with Gasteiger partial charge >= 0.3 is 0 Å². The van der Waals surface area contributed by atoms with E-state index in [-0.39, 0.29) is 11.9 Å². The van der Waals surface area contributed by atoms with Crippen molar-refractivity contribution in [2.24, 2.45) is 0 Å². The summed E-state index contributed by atoms with van der Waals surface area (Å²) < 4.78 is 0. The number of hydrogen-bond donors (Lipinski definition) is 2. The van der Waals surface area contributed by atoms with E-state index in [1.54, 1.807) is 0 Å². The zero-order valence-electron chi connectivity index (χ0n) is 11.2. The quantitative estimate of drug-likeness (QED) is 0.860. The maximum atomic E-state index is 11.8. The molecule has 1 amide bonds. The number of rotatable bonds is 5. The van der Waals surface area contributed by atoms with Crippen molar-refractivity contribution in [3.05, 3.63) is 30.6 Å². The first-order valence-electron chi connectivity index (χ1n) is 6.46. The van der Waals surface area contributed by atoms with Gasteiger partial charge in [-0.3, -0.25) is 4.79 Å². The lowest BCUT2D eigenvalue weighted by Crippen LogP contribution is -2.38. The van der Waals surface area contributed by atoms with E-state index in [2.05, 4.69) is 20.6 Å². The van der Waals surface area contributed by atoms with E-state index in [0.29, 0.717) is 12.4 Å². The zero-order valence-corrected chi connectivity index (χ0v) is 11.2. The molecule has 5 nitrogen and oxygen atoms in total. The SMILES string of the molecule is CCCNC(=O)[C@@H](C)Nc1ncnc2ccccc12. The van der Waals surface area contributed by atoms with Crippen LogP contribution in [0.25, 0.3) is 10.9 Å². The van der Waals surface area contributed by atoms with Gasteiger partial charge in [-0.25, -0.2) is 9.97 Å². The van der Waals surface area contributed by atoms with Crippen molar-refractivity contribution in [2.75, 3.05) is 11.9 Å². The van der Waals surface area contributed by atoms with Crippen LogP contribution in [0.1, 0.15) is 20.3 Å². The molecule has 0 aliphatic heterocycles. The zero-order chi connectivity index (χ0) is 13.7. The molecule has 0 saturated carbocycles. The lowest BCUT2D eigenvalue weighted by Gasteiger charge is -2.15. The molecule has 0 spiro atoms. The molecule has 1 atom stereocenters. The summed E-state index contributed by atoms with van der Waals surface area (Å²) in [6.07, 6.45) is 2.43. The van der Waals surface area contributed by atoms with Crippen LogP contribution in [0.4, 0.5) is 5.82 Å². The third kappa shape index (κ3) is 3.19. The highest BCUT2D eigenvalue weighted by molar-refractivity contribution is 5.91. The van der Waals surface area contributed by atoms with Crippen molar-refractivity contribution in [1.29, 1.82) is 0 Å². The summed E-state index contributed by atoms with van der Waals surface area (Å²) in [5.41, 5.74) is 0.862. The molecular weight excluding hydrogens is 240 g/mol. The predicted molar refractivity (Wildman–Crippen MR) is 75.9 cm³/mol. The molecule has 0 saturated heterocycles. The minimum Gasteiger partial charge on any atom is -0.358 e. The molecule has 0 bridgehead atoms. The molecule has 1 heterocycles. The Morgan fingerprint density at radius 3 is 2.89 bits per heavy atom. The van der Waals surface area contributed by atoms with E-state index < -0.39 is 0 Å². The van der Waals surface area contributed by atoms with Gasteiger partial charge in [0, 0.05) is 11.9 Å². The molecule has 2 aromatic rings. The van der Waals surface area contributed by atoms with Crippen molar-refractivity contribution >= 4 is 22.6 Å². The number of amides is 1. The van der Waals surface area contributed by atoms with Gasteiger partial charge in [0.15, 0.2) is 0 Å². The van der Waals surface area contributed by atoms with E-state index in [9.17, 15) is 4.79 Å². The van der Waals surface area contributed by atoms with Gasteiger partial charge in [-0.05, 0) is 25.5 Å². The van der Waals surface area contributed by atoms with Crippen molar-refractivity contribution in [2.45, 2.75) is 26.3 Å². The number of hydrogen-bond acceptors (Lipinski definition) is 4. The fourth-order valence-corrected chi connectivity index (χ4v) is 1.79. The van der Waals surface area contributed by atoms with Gasteiger partial charge in [0.1, 0.15) is 18.2 Å². The molecule has 0 radical (unpaired) electrons. The number of benzene rings is 1. The first-order chi connectivity index (χ1) is 9.22. The second kappa shape index (κ2) is 6.13. The van der Waals surface area contributed by atoms with Crippen LogP contribution in [0.2, 0.25) is 0 Å². The van der Waals surface area contributed by atoms with Gasteiger partial charge in [-0.1, -0.05) is 19.1 Å². The topological polar surface area (TPSA) is 66.9 Å². The molecule has 19 heavy (non-hydrogen) atoms. The lowest BCUT2D eigenvalue weighted by atomic mass is 10.2.